The van der Waals surface area contributed by atoms with Crippen molar-refractivity contribution in [2.24, 2.45) is 5.92 Å². The molecule has 0 aliphatic carbocycles. The summed E-state index contributed by atoms with van der Waals surface area (Å²) in [6.07, 6.45) is 0.678. The van der Waals surface area contributed by atoms with Crippen LogP contribution in [0.5, 0.6) is 5.75 Å². The third kappa shape index (κ3) is 4.36. The Kier molecular flexibility index (Phi) is 5.59. The van der Waals surface area contributed by atoms with Gasteiger partial charge in [0.05, 0.1) is 25.8 Å². The van der Waals surface area contributed by atoms with Gasteiger partial charge in [-0.1, -0.05) is 0 Å². The molecule has 0 radical (unpaired) electrons. The number of likely N-dealkylation sites (tertiary alicyclic amines) is 1. The van der Waals surface area contributed by atoms with E-state index in [0.717, 1.165) is 0 Å². The number of benzene rings is 1. The summed E-state index contributed by atoms with van der Waals surface area (Å²) in [7, 11) is 1.54. The summed E-state index contributed by atoms with van der Waals surface area (Å²) in [5.74, 6) is -0.277. The average Bonchev–Trinajstić information content (AvgIpc) is 3.31. The van der Waals surface area contributed by atoms with Gasteiger partial charge in [-0.05, 0) is 43.3 Å². The maximum Gasteiger partial charge on any atom is 0.311 e. The number of Topliss-reactive ketones (excluding diaryl/α,β-unsaturated/α-hetero) is 1. The summed E-state index contributed by atoms with van der Waals surface area (Å²) in [6.45, 7) is 2.10. The number of hydrogen-bond donors (Lipinski definition) is 0. The van der Waals surface area contributed by atoms with Crippen LogP contribution in [0.15, 0.2) is 47.1 Å². The number of nitrogens with zero attached hydrogens (tertiary/aromatic N) is 1. The molecule has 1 aromatic heterocycles. The molecule has 1 aromatic carbocycles. The summed E-state index contributed by atoms with van der Waals surface area (Å²) in [5, 5.41) is 0. The first-order valence-electron chi connectivity index (χ1n) is 8.67. The summed E-state index contributed by atoms with van der Waals surface area (Å²) in [5.41, 5.74) is 0.429. The number of furan rings is 1. The number of carbonyl (C=O) groups is 3. The lowest BCUT2D eigenvalue weighted by atomic mass is 10.1. The predicted octanol–water partition coefficient (Wildman–Crippen LogP) is 2.45. The molecule has 1 aliphatic rings. The summed E-state index contributed by atoms with van der Waals surface area (Å²) >= 11 is 0. The van der Waals surface area contributed by atoms with Crippen LogP contribution in [0.4, 0.5) is 0 Å². The van der Waals surface area contributed by atoms with Crippen LogP contribution >= 0.6 is 0 Å². The Labute approximate surface area is 156 Å². The minimum Gasteiger partial charge on any atom is -0.497 e. The van der Waals surface area contributed by atoms with E-state index in [4.69, 9.17) is 13.9 Å². The van der Waals surface area contributed by atoms with Crippen molar-refractivity contribution in [3.63, 3.8) is 0 Å². The third-order valence-electron chi connectivity index (χ3n) is 4.51. The molecule has 2 atom stereocenters. The van der Waals surface area contributed by atoms with Crippen LogP contribution in [0, 0.1) is 5.92 Å². The van der Waals surface area contributed by atoms with Gasteiger partial charge in [0.15, 0.2) is 6.10 Å². The van der Waals surface area contributed by atoms with Crippen molar-refractivity contribution in [2.45, 2.75) is 26.0 Å². The van der Waals surface area contributed by atoms with E-state index in [1.807, 2.05) is 0 Å². The molecule has 142 valence electrons. The van der Waals surface area contributed by atoms with E-state index in [2.05, 4.69) is 0 Å². The zero-order valence-electron chi connectivity index (χ0n) is 15.2. The van der Waals surface area contributed by atoms with E-state index in [9.17, 15) is 14.4 Å². The molecule has 1 aliphatic heterocycles. The van der Waals surface area contributed by atoms with E-state index in [1.165, 1.54) is 13.2 Å². The van der Waals surface area contributed by atoms with Gasteiger partial charge in [0, 0.05) is 18.5 Å². The number of esters is 1. The highest BCUT2D eigenvalue weighted by Gasteiger charge is 2.37. The highest BCUT2D eigenvalue weighted by Crippen LogP contribution is 2.22. The van der Waals surface area contributed by atoms with E-state index in [1.54, 1.807) is 48.4 Å². The molecule has 7 nitrogen and oxygen atoms in total. The Morgan fingerprint density at radius 3 is 2.63 bits per heavy atom. The first kappa shape index (κ1) is 18.7. The zero-order valence-corrected chi connectivity index (χ0v) is 15.2. The van der Waals surface area contributed by atoms with E-state index in [0.29, 0.717) is 23.6 Å². The Hall–Kier alpha value is -3.09. The first-order chi connectivity index (χ1) is 13.0. The Bertz CT molecular complexity index is 812. The predicted molar refractivity (Wildman–Crippen MR) is 95.1 cm³/mol. The van der Waals surface area contributed by atoms with Crippen molar-refractivity contribution in [1.82, 2.24) is 4.90 Å². The van der Waals surface area contributed by atoms with E-state index >= 15 is 0 Å². The van der Waals surface area contributed by atoms with Crippen molar-refractivity contribution >= 4 is 17.7 Å². The lowest BCUT2D eigenvalue weighted by Crippen LogP contribution is -2.30. The fourth-order valence-electron chi connectivity index (χ4n) is 2.99. The zero-order chi connectivity index (χ0) is 19.4. The minimum atomic E-state index is -0.930. The number of hydrogen-bond acceptors (Lipinski definition) is 6. The molecular weight excluding hydrogens is 350 g/mol. The molecule has 0 bridgehead atoms. The quantitative estimate of drug-likeness (QED) is 0.549. The number of rotatable bonds is 7. The normalized spacial score (nSPS) is 17.6. The number of amides is 1. The molecule has 2 aromatic rings. The lowest BCUT2D eigenvalue weighted by Gasteiger charge is -2.17. The second-order valence-electron chi connectivity index (χ2n) is 6.43. The van der Waals surface area contributed by atoms with Crippen molar-refractivity contribution in [3.05, 3.63) is 54.0 Å². The van der Waals surface area contributed by atoms with Gasteiger partial charge in [0.25, 0.3) is 0 Å². The molecule has 1 saturated heterocycles. The van der Waals surface area contributed by atoms with Gasteiger partial charge in [-0.15, -0.1) is 0 Å². The van der Waals surface area contributed by atoms with Crippen LogP contribution in [0.3, 0.4) is 0 Å². The van der Waals surface area contributed by atoms with Crippen molar-refractivity contribution < 1.29 is 28.3 Å². The lowest BCUT2D eigenvalue weighted by molar-refractivity contribution is -0.151. The van der Waals surface area contributed by atoms with Crippen LogP contribution in [0.1, 0.15) is 29.5 Å². The smallest absolute Gasteiger partial charge is 0.311 e. The van der Waals surface area contributed by atoms with Gasteiger partial charge in [0.2, 0.25) is 11.7 Å². The molecule has 3 rings (SSSR count). The maximum absolute atomic E-state index is 12.4. The monoisotopic (exact) mass is 371 g/mol. The Morgan fingerprint density at radius 2 is 2.00 bits per heavy atom. The van der Waals surface area contributed by atoms with Gasteiger partial charge in [-0.2, -0.15) is 0 Å². The Balaban J connectivity index is 1.56. The van der Waals surface area contributed by atoms with Crippen LogP contribution in [0.2, 0.25) is 0 Å². The van der Waals surface area contributed by atoms with Gasteiger partial charge >= 0.3 is 5.97 Å². The molecule has 0 saturated carbocycles. The maximum atomic E-state index is 12.4. The molecule has 27 heavy (non-hydrogen) atoms. The number of ketones is 1. The highest BCUT2D eigenvalue weighted by molar-refractivity contribution is 6.00. The second kappa shape index (κ2) is 8.07. The summed E-state index contributed by atoms with van der Waals surface area (Å²) < 4.78 is 15.6. The Morgan fingerprint density at radius 1 is 1.26 bits per heavy atom. The van der Waals surface area contributed by atoms with Gasteiger partial charge in [0.1, 0.15) is 11.5 Å². The van der Waals surface area contributed by atoms with E-state index in [-0.39, 0.29) is 24.7 Å². The van der Waals surface area contributed by atoms with Crippen LogP contribution in [-0.2, 0) is 20.9 Å². The van der Waals surface area contributed by atoms with Crippen LogP contribution in [-0.4, -0.2) is 42.3 Å². The first-order valence-corrected chi connectivity index (χ1v) is 8.67. The van der Waals surface area contributed by atoms with Gasteiger partial charge in [-0.3, -0.25) is 14.4 Å². The molecular formula is C20H21NO6. The van der Waals surface area contributed by atoms with Gasteiger partial charge < -0.3 is 18.8 Å². The third-order valence-corrected chi connectivity index (χ3v) is 4.51. The number of methoxy groups -OCH3 is 1. The number of carbonyl (C=O) groups excluding carboxylic acids is 3. The van der Waals surface area contributed by atoms with Crippen molar-refractivity contribution in [2.75, 3.05) is 13.7 Å². The fourth-order valence-corrected chi connectivity index (χ4v) is 2.99. The largest absolute Gasteiger partial charge is 0.497 e. The highest BCUT2D eigenvalue weighted by atomic mass is 16.5. The topological polar surface area (TPSA) is 86.0 Å². The minimum absolute atomic E-state index is 0.0724. The average molecular weight is 371 g/mol. The molecule has 0 N–H and O–H groups in total. The molecule has 2 heterocycles. The second-order valence-corrected chi connectivity index (χ2v) is 6.43. The van der Waals surface area contributed by atoms with Gasteiger partial charge in [-0.25, -0.2) is 0 Å². The van der Waals surface area contributed by atoms with Crippen LogP contribution in [0.25, 0.3) is 0 Å². The SMILES string of the molecule is COc1ccc(C(=O)[C@@H](C)OC(=O)[C@@H]2CC(=O)N(Cc3ccco3)C2)cc1. The van der Waals surface area contributed by atoms with Crippen LogP contribution < -0.4 is 4.74 Å². The standard InChI is InChI=1S/C20H21NO6/c1-13(19(23)14-5-7-16(25-2)8-6-14)27-20(24)15-10-18(22)21(11-15)12-17-4-3-9-26-17/h3-9,13,15H,10-12H2,1-2H3/t13-,15-/m1/s1. The molecule has 1 fully saturated rings. The van der Waals surface area contributed by atoms with E-state index < -0.39 is 18.0 Å². The van der Waals surface area contributed by atoms with Crippen molar-refractivity contribution in [1.29, 1.82) is 0 Å². The molecule has 1 amide bonds. The summed E-state index contributed by atoms with van der Waals surface area (Å²) in [4.78, 5) is 38.5. The van der Waals surface area contributed by atoms with Crippen molar-refractivity contribution in [3.8, 4) is 5.75 Å². The fraction of sp³-hybridized carbons (Fsp3) is 0.350. The number of ether oxygens (including phenoxy) is 2. The molecule has 0 unspecified atom stereocenters. The molecule has 7 heteroatoms. The molecule has 0 spiro atoms. The summed E-state index contributed by atoms with van der Waals surface area (Å²) in [6, 6.07) is 10.1.